The van der Waals surface area contributed by atoms with Gasteiger partial charge in [-0.15, -0.1) is 15.0 Å². The van der Waals surface area contributed by atoms with Gasteiger partial charge in [-0.05, 0) is 42.2 Å². The van der Waals surface area contributed by atoms with Gasteiger partial charge in [0.1, 0.15) is 22.5 Å². The van der Waals surface area contributed by atoms with Crippen LogP contribution in [0.4, 0.5) is 0 Å². The van der Waals surface area contributed by atoms with Crippen LogP contribution in [0, 0.1) is 6.92 Å². The highest BCUT2D eigenvalue weighted by Crippen LogP contribution is 2.36. The van der Waals surface area contributed by atoms with Gasteiger partial charge < -0.3 is 5.11 Å². The van der Waals surface area contributed by atoms with E-state index in [9.17, 15) is 13.5 Å². The third kappa shape index (κ3) is 3.22. The maximum Gasteiger partial charge on any atom is 0.294 e. The molecular weight excluding hydrogens is 342 g/mol. The molecule has 0 amide bonds. The first-order valence-electron chi connectivity index (χ1n) is 7.66. The van der Waals surface area contributed by atoms with Crippen LogP contribution < -0.4 is 0 Å². The summed E-state index contributed by atoms with van der Waals surface area (Å²) in [6.45, 7) is 7.90. The minimum absolute atomic E-state index is 0.0772. The monoisotopic (exact) mass is 361 g/mol. The summed E-state index contributed by atoms with van der Waals surface area (Å²) >= 11 is 0. The van der Waals surface area contributed by atoms with E-state index in [-0.39, 0.29) is 16.1 Å². The van der Waals surface area contributed by atoms with E-state index < -0.39 is 10.1 Å². The first kappa shape index (κ1) is 17.4. The second kappa shape index (κ2) is 5.53. The lowest BCUT2D eigenvalue weighted by Gasteiger charge is -2.22. The molecule has 7 nitrogen and oxygen atoms in total. The molecule has 0 radical (unpaired) electrons. The normalized spacial score (nSPS) is 12.7. The summed E-state index contributed by atoms with van der Waals surface area (Å²) in [5.74, 6) is 0.0772. The topological polar surface area (TPSA) is 105 Å². The number of hydrogen-bond acceptors (Lipinski definition) is 5. The lowest BCUT2D eigenvalue weighted by molar-refractivity contribution is 0.440. The summed E-state index contributed by atoms with van der Waals surface area (Å²) in [6, 6.07) is 7.63. The highest BCUT2D eigenvalue weighted by Gasteiger charge is 2.22. The van der Waals surface area contributed by atoms with Crippen molar-refractivity contribution in [2.75, 3.05) is 0 Å². The van der Waals surface area contributed by atoms with Crippen molar-refractivity contribution in [3.8, 4) is 11.4 Å². The summed E-state index contributed by atoms with van der Waals surface area (Å²) < 4.78 is 31.7. The number of hydrogen-bond donors (Lipinski definition) is 2. The van der Waals surface area contributed by atoms with Gasteiger partial charge in [0.2, 0.25) is 0 Å². The number of rotatable bonds is 2. The van der Waals surface area contributed by atoms with Gasteiger partial charge in [-0.2, -0.15) is 8.42 Å². The Hall–Kier alpha value is -2.45. The maximum atomic E-state index is 11.3. The van der Waals surface area contributed by atoms with Crippen molar-refractivity contribution in [2.24, 2.45) is 0 Å². The zero-order valence-corrected chi connectivity index (χ0v) is 15.2. The van der Waals surface area contributed by atoms with E-state index in [1.54, 1.807) is 6.07 Å². The zero-order valence-electron chi connectivity index (χ0n) is 14.3. The van der Waals surface area contributed by atoms with Gasteiger partial charge in [-0.1, -0.05) is 26.8 Å². The highest BCUT2D eigenvalue weighted by molar-refractivity contribution is 7.85. The van der Waals surface area contributed by atoms with Gasteiger partial charge in [0.25, 0.3) is 10.1 Å². The van der Waals surface area contributed by atoms with Gasteiger partial charge in [0.05, 0.1) is 4.90 Å². The van der Waals surface area contributed by atoms with E-state index in [4.69, 9.17) is 4.55 Å². The number of aromatic nitrogens is 3. The number of benzene rings is 2. The van der Waals surface area contributed by atoms with Crippen LogP contribution in [0.25, 0.3) is 16.7 Å². The van der Waals surface area contributed by atoms with Crippen molar-refractivity contribution in [2.45, 2.75) is 38.0 Å². The molecule has 0 aliphatic rings. The third-order valence-electron chi connectivity index (χ3n) is 3.91. The molecule has 1 heterocycles. The molecule has 0 bridgehead atoms. The Labute approximate surface area is 145 Å². The van der Waals surface area contributed by atoms with Crippen molar-refractivity contribution in [1.29, 1.82) is 0 Å². The van der Waals surface area contributed by atoms with E-state index >= 15 is 0 Å². The fourth-order valence-electron chi connectivity index (χ4n) is 2.65. The Bertz CT molecular complexity index is 1080. The minimum Gasteiger partial charge on any atom is -0.505 e. The van der Waals surface area contributed by atoms with Crippen LogP contribution in [-0.4, -0.2) is 33.1 Å². The fourth-order valence-corrected chi connectivity index (χ4v) is 3.15. The lowest BCUT2D eigenvalue weighted by Crippen LogP contribution is -2.13. The summed E-state index contributed by atoms with van der Waals surface area (Å²) in [5.41, 5.74) is 2.60. The zero-order chi connectivity index (χ0) is 18.6. The van der Waals surface area contributed by atoms with Crippen LogP contribution in [0.3, 0.4) is 0 Å². The Balaban J connectivity index is 2.22. The van der Waals surface area contributed by atoms with Crippen molar-refractivity contribution in [3.05, 3.63) is 41.5 Å². The molecule has 1 aromatic heterocycles. The molecule has 0 spiro atoms. The molecular formula is C17H19N3O4S. The first-order chi connectivity index (χ1) is 11.5. The fraction of sp³-hybridized carbons (Fsp3) is 0.294. The van der Waals surface area contributed by atoms with E-state index in [2.05, 4.69) is 10.2 Å². The van der Waals surface area contributed by atoms with Crippen LogP contribution in [0.15, 0.2) is 35.2 Å². The molecule has 0 atom stereocenters. The SMILES string of the molecule is Cc1cc(-n2nc3ccc(S(=O)(=O)O)cc3n2)c(O)c(C(C)(C)C)c1. The predicted molar refractivity (Wildman–Crippen MR) is 93.8 cm³/mol. The molecule has 3 aromatic rings. The molecule has 132 valence electrons. The van der Waals surface area contributed by atoms with Crippen molar-refractivity contribution in [3.63, 3.8) is 0 Å². The van der Waals surface area contributed by atoms with Gasteiger partial charge >= 0.3 is 0 Å². The van der Waals surface area contributed by atoms with Gasteiger partial charge in [0.15, 0.2) is 0 Å². The Morgan fingerprint density at radius 3 is 2.28 bits per heavy atom. The highest BCUT2D eigenvalue weighted by atomic mass is 32.2. The second-order valence-electron chi connectivity index (χ2n) is 7.05. The van der Waals surface area contributed by atoms with Crippen LogP contribution in [0.1, 0.15) is 31.9 Å². The molecule has 8 heteroatoms. The summed E-state index contributed by atoms with van der Waals surface area (Å²) in [5, 5.41) is 19.2. The van der Waals surface area contributed by atoms with Crippen LogP contribution in [-0.2, 0) is 15.5 Å². The predicted octanol–water partition coefficient (Wildman–Crippen LogP) is 2.98. The molecule has 0 unspecified atom stereocenters. The smallest absolute Gasteiger partial charge is 0.294 e. The van der Waals surface area contributed by atoms with Crippen LogP contribution in [0.5, 0.6) is 5.75 Å². The van der Waals surface area contributed by atoms with Crippen LogP contribution in [0.2, 0.25) is 0 Å². The van der Waals surface area contributed by atoms with Gasteiger partial charge in [-0.3, -0.25) is 4.55 Å². The summed E-state index contributed by atoms with van der Waals surface area (Å²) in [4.78, 5) is 1.02. The largest absolute Gasteiger partial charge is 0.505 e. The van der Waals surface area contributed by atoms with Crippen molar-refractivity contribution < 1.29 is 18.1 Å². The average Bonchev–Trinajstić information content (AvgIpc) is 2.90. The van der Waals surface area contributed by atoms with E-state index in [0.29, 0.717) is 16.7 Å². The van der Waals surface area contributed by atoms with Gasteiger partial charge in [-0.25, -0.2) is 0 Å². The van der Waals surface area contributed by atoms with E-state index in [1.165, 1.54) is 23.0 Å². The molecule has 25 heavy (non-hydrogen) atoms. The number of phenols is 1. The number of nitrogens with zero attached hydrogens (tertiary/aromatic N) is 3. The molecule has 0 saturated carbocycles. The summed E-state index contributed by atoms with van der Waals surface area (Å²) in [6.07, 6.45) is 0. The van der Waals surface area contributed by atoms with Crippen molar-refractivity contribution in [1.82, 2.24) is 15.0 Å². The molecule has 2 N–H and O–H groups in total. The molecule has 3 rings (SSSR count). The first-order valence-corrected chi connectivity index (χ1v) is 9.10. The average molecular weight is 361 g/mol. The molecule has 0 fully saturated rings. The van der Waals surface area contributed by atoms with Crippen molar-refractivity contribution >= 4 is 21.2 Å². The van der Waals surface area contributed by atoms with Crippen LogP contribution >= 0.6 is 0 Å². The number of fused-ring (bicyclic) bond motifs is 1. The quantitative estimate of drug-likeness (QED) is 0.680. The number of aromatic hydroxyl groups is 1. The molecule has 2 aromatic carbocycles. The van der Waals surface area contributed by atoms with E-state index in [1.807, 2.05) is 33.8 Å². The molecule has 0 aliphatic carbocycles. The molecule has 0 aliphatic heterocycles. The number of phenolic OH excluding ortho intramolecular Hbond substituents is 1. The Kier molecular flexibility index (Phi) is 3.85. The number of aryl methyl sites for hydroxylation is 1. The third-order valence-corrected chi connectivity index (χ3v) is 4.76. The van der Waals surface area contributed by atoms with Gasteiger partial charge in [0, 0.05) is 5.56 Å². The Morgan fingerprint density at radius 2 is 1.68 bits per heavy atom. The molecule has 0 saturated heterocycles. The van der Waals surface area contributed by atoms with E-state index in [0.717, 1.165) is 11.1 Å². The standard InChI is InChI=1S/C17H19N3O4S/c1-10-7-12(17(2,3)4)16(21)15(8-10)20-18-13-6-5-11(25(22,23)24)9-14(13)19-20/h5-9,21H,1-4H3,(H,22,23,24). The maximum absolute atomic E-state index is 11.3. The minimum atomic E-state index is -4.32. The Morgan fingerprint density at radius 1 is 1.04 bits per heavy atom. The lowest BCUT2D eigenvalue weighted by atomic mass is 9.85. The summed E-state index contributed by atoms with van der Waals surface area (Å²) in [7, 11) is -4.32. The second-order valence-corrected chi connectivity index (χ2v) is 8.47.